The highest BCUT2D eigenvalue weighted by molar-refractivity contribution is 5.48. The van der Waals surface area contributed by atoms with Gasteiger partial charge in [0, 0.05) is 12.6 Å². The number of hydrogen-bond acceptors (Lipinski definition) is 6. The Morgan fingerprint density at radius 1 is 1.20 bits per heavy atom. The van der Waals surface area contributed by atoms with E-state index in [9.17, 15) is 20.2 Å². The highest BCUT2D eigenvalue weighted by atomic mass is 16.6. The van der Waals surface area contributed by atoms with Crippen LogP contribution >= 0.6 is 0 Å². The van der Waals surface area contributed by atoms with Gasteiger partial charge < -0.3 is 10.1 Å². The summed E-state index contributed by atoms with van der Waals surface area (Å²) in [5.74, 6) is 0. The summed E-state index contributed by atoms with van der Waals surface area (Å²) in [6.45, 7) is 4.08. The lowest BCUT2D eigenvalue weighted by Gasteiger charge is -2.06. The second-order valence-electron chi connectivity index (χ2n) is 4.13. The number of non-ortho nitro benzene ring substituents is 1. The van der Waals surface area contributed by atoms with E-state index in [4.69, 9.17) is 4.74 Å². The van der Waals surface area contributed by atoms with Gasteiger partial charge in [0.25, 0.3) is 11.4 Å². The molecule has 0 aromatic heterocycles. The van der Waals surface area contributed by atoms with Crippen LogP contribution in [0.15, 0.2) is 18.2 Å². The summed E-state index contributed by atoms with van der Waals surface area (Å²) in [6.07, 6.45) is 1.02. The van der Waals surface area contributed by atoms with Gasteiger partial charge in [0.15, 0.2) is 0 Å². The molecule has 8 heteroatoms. The van der Waals surface area contributed by atoms with E-state index in [1.807, 2.05) is 6.92 Å². The molecule has 1 aromatic rings. The molecule has 0 spiro atoms. The first kappa shape index (κ1) is 16.0. The van der Waals surface area contributed by atoms with Crippen LogP contribution < -0.4 is 5.32 Å². The van der Waals surface area contributed by atoms with Gasteiger partial charge in [0.1, 0.15) is 0 Å². The first-order chi connectivity index (χ1) is 9.56. The van der Waals surface area contributed by atoms with E-state index in [1.54, 1.807) is 0 Å². The number of nitro benzene ring substituents is 2. The summed E-state index contributed by atoms with van der Waals surface area (Å²) in [4.78, 5) is 20.2. The summed E-state index contributed by atoms with van der Waals surface area (Å²) in [6, 6.07) is 3.55. The first-order valence-electron chi connectivity index (χ1n) is 6.26. The van der Waals surface area contributed by atoms with Crippen LogP contribution in [0.5, 0.6) is 0 Å². The highest BCUT2D eigenvalue weighted by Crippen LogP contribution is 2.25. The van der Waals surface area contributed by atoms with Crippen LogP contribution in [0.25, 0.3) is 0 Å². The first-order valence-corrected chi connectivity index (χ1v) is 6.26. The molecule has 0 aliphatic carbocycles. The molecule has 0 atom stereocenters. The van der Waals surface area contributed by atoms with Crippen molar-refractivity contribution < 1.29 is 14.6 Å². The maximum atomic E-state index is 10.9. The number of nitrogens with one attached hydrogen (secondary N) is 1. The molecule has 0 amide bonds. The molecule has 0 unspecified atom stereocenters. The zero-order valence-corrected chi connectivity index (χ0v) is 11.2. The van der Waals surface area contributed by atoms with Crippen molar-refractivity contribution in [3.8, 4) is 0 Å². The fraction of sp³-hybridized carbons (Fsp3) is 0.500. The normalized spacial score (nSPS) is 10.4. The average Bonchev–Trinajstić information content (AvgIpc) is 2.42. The summed E-state index contributed by atoms with van der Waals surface area (Å²) < 4.78 is 5.32. The lowest BCUT2D eigenvalue weighted by atomic mass is 10.1. The van der Waals surface area contributed by atoms with Crippen LogP contribution in [0.3, 0.4) is 0 Å². The third-order valence-corrected chi connectivity index (χ3v) is 2.58. The SMILES string of the molecule is CCCNCCOCc1ccc([N+](=O)[O-])cc1[N+](=O)[O-]. The van der Waals surface area contributed by atoms with Crippen molar-refractivity contribution in [2.45, 2.75) is 20.0 Å². The number of nitrogens with zero attached hydrogens (tertiary/aromatic N) is 2. The Balaban J connectivity index is 2.60. The van der Waals surface area contributed by atoms with E-state index in [-0.39, 0.29) is 18.0 Å². The van der Waals surface area contributed by atoms with Gasteiger partial charge in [-0.1, -0.05) is 6.92 Å². The maximum absolute atomic E-state index is 10.9. The van der Waals surface area contributed by atoms with E-state index in [0.29, 0.717) is 18.7 Å². The quantitative estimate of drug-likeness (QED) is 0.422. The largest absolute Gasteiger partial charge is 0.375 e. The lowest BCUT2D eigenvalue weighted by Crippen LogP contribution is -2.20. The van der Waals surface area contributed by atoms with Gasteiger partial charge in [-0.2, -0.15) is 0 Å². The summed E-state index contributed by atoms with van der Waals surface area (Å²) >= 11 is 0. The molecule has 0 radical (unpaired) electrons. The van der Waals surface area contributed by atoms with Gasteiger partial charge in [0.05, 0.1) is 34.7 Å². The predicted molar refractivity (Wildman–Crippen MR) is 72.6 cm³/mol. The van der Waals surface area contributed by atoms with Gasteiger partial charge in [0.2, 0.25) is 0 Å². The average molecular weight is 283 g/mol. The summed E-state index contributed by atoms with van der Waals surface area (Å²) in [7, 11) is 0. The Kier molecular flexibility index (Phi) is 6.54. The molecule has 0 saturated carbocycles. The number of nitro groups is 2. The van der Waals surface area contributed by atoms with Crippen molar-refractivity contribution >= 4 is 11.4 Å². The van der Waals surface area contributed by atoms with Crippen LogP contribution in [0.2, 0.25) is 0 Å². The molecule has 1 N–H and O–H groups in total. The van der Waals surface area contributed by atoms with Crippen LogP contribution in [-0.2, 0) is 11.3 Å². The zero-order chi connectivity index (χ0) is 15.0. The Morgan fingerprint density at radius 2 is 1.95 bits per heavy atom. The van der Waals surface area contributed by atoms with Gasteiger partial charge in [-0.25, -0.2) is 0 Å². The number of hydrogen-bond donors (Lipinski definition) is 1. The van der Waals surface area contributed by atoms with Crippen molar-refractivity contribution in [1.29, 1.82) is 0 Å². The van der Waals surface area contributed by atoms with Crippen molar-refractivity contribution in [3.05, 3.63) is 44.0 Å². The second kappa shape index (κ2) is 8.18. The van der Waals surface area contributed by atoms with Crippen LogP contribution in [0, 0.1) is 20.2 Å². The van der Waals surface area contributed by atoms with Crippen molar-refractivity contribution in [2.24, 2.45) is 0 Å². The van der Waals surface area contributed by atoms with Gasteiger partial charge in [-0.05, 0) is 19.0 Å². The summed E-state index contributed by atoms with van der Waals surface area (Å²) in [5.41, 5.74) is -0.262. The minimum absolute atomic E-state index is 0.0577. The molecular formula is C12H17N3O5. The Hall–Kier alpha value is -2.06. The van der Waals surface area contributed by atoms with Crippen molar-refractivity contribution in [2.75, 3.05) is 19.7 Å². The summed E-state index contributed by atoms with van der Waals surface area (Å²) in [5, 5.41) is 24.6. The number of ether oxygens (including phenoxy) is 1. The lowest BCUT2D eigenvalue weighted by molar-refractivity contribution is -0.394. The monoisotopic (exact) mass is 283 g/mol. The topological polar surface area (TPSA) is 108 Å². The van der Waals surface area contributed by atoms with E-state index < -0.39 is 9.85 Å². The van der Waals surface area contributed by atoms with Crippen molar-refractivity contribution in [3.63, 3.8) is 0 Å². The van der Waals surface area contributed by atoms with E-state index >= 15 is 0 Å². The van der Waals surface area contributed by atoms with Gasteiger partial charge in [-0.3, -0.25) is 20.2 Å². The van der Waals surface area contributed by atoms with E-state index in [1.165, 1.54) is 12.1 Å². The fourth-order valence-electron chi connectivity index (χ4n) is 1.59. The van der Waals surface area contributed by atoms with E-state index in [0.717, 1.165) is 19.0 Å². The molecule has 0 fully saturated rings. The third-order valence-electron chi connectivity index (χ3n) is 2.58. The molecule has 20 heavy (non-hydrogen) atoms. The second-order valence-corrected chi connectivity index (χ2v) is 4.13. The molecule has 0 heterocycles. The highest BCUT2D eigenvalue weighted by Gasteiger charge is 2.19. The molecule has 0 aliphatic heterocycles. The van der Waals surface area contributed by atoms with E-state index in [2.05, 4.69) is 5.32 Å². The molecular weight excluding hydrogens is 266 g/mol. The van der Waals surface area contributed by atoms with Crippen LogP contribution in [-0.4, -0.2) is 29.5 Å². The molecule has 1 rings (SSSR count). The van der Waals surface area contributed by atoms with Crippen LogP contribution in [0.4, 0.5) is 11.4 Å². The van der Waals surface area contributed by atoms with Crippen molar-refractivity contribution in [1.82, 2.24) is 5.32 Å². The smallest absolute Gasteiger partial charge is 0.281 e. The predicted octanol–water partition coefficient (Wildman–Crippen LogP) is 2.02. The van der Waals surface area contributed by atoms with Gasteiger partial charge >= 0.3 is 0 Å². The minimum Gasteiger partial charge on any atom is -0.375 e. The fourth-order valence-corrected chi connectivity index (χ4v) is 1.59. The molecule has 110 valence electrons. The third kappa shape index (κ3) is 4.90. The molecule has 0 aliphatic rings. The molecule has 8 nitrogen and oxygen atoms in total. The Labute approximate surface area is 116 Å². The molecule has 0 bridgehead atoms. The minimum atomic E-state index is -0.660. The Bertz CT molecular complexity index is 478. The Morgan fingerprint density at radius 3 is 2.55 bits per heavy atom. The number of rotatable bonds is 9. The maximum Gasteiger partial charge on any atom is 0.281 e. The molecule has 0 saturated heterocycles. The van der Waals surface area contributed by atoms with Gasteiger partial charge in [-0.15, -0.1) is 0 Å². The molecule has 1 aromatic carbocycles. The number of benzene rings is 1. The standard InChI is InChI=1S/C12H17N3O5/c1-2-5-13-6-7-20-9-10-3-4-11(14(16)17)8-12(10)15(18)19/h3-4,8,13H,2,5-7,9H2,1H3. The zero-order valence-electron chi connectivity index (χ0n) is 11.2. The van der Waals surface area contributed by atoms with Crippen LogP contribution in [0.1, 0.15) is 18.9 Å².